The number of carboxylic acids is 2. The minimum atomic E-state index is -1.15. The molecular weight excluding hydrogens is 454 g/mol. The van der Waals surface area contributed by atoms with Gasteiger partial charge in [0.1, 0.15) is 28.0 Å². The first-order valence-corrected chi connectivity index (χ1v) is 12.0. The Kier molecular flexibility index (Phi) is 7.52. The van der Waals surface area contributed by atoms with Crippen molar-refractivity contribution in [2.45, 2.75) is 31.3 Å². The summed E-state index contributed by atoms with van der Waals surface area (Å²) in [5.74, 6) is 0.165. The lowest BCUT2D eigenvalue weighted by Gasteiger charge is -2.15. The first-order valence-electron chi connectivity index (χ1n) is 9.60. The molecule has 1 atom stereocenters. The summed E-state index contributed by atoms with van der Waals surface area (Å²) in [5, 5.41) is 17.2. The highest BCUT2D eigenvalue weighted by molar-refractivity contribution is 8.76. The molecule has 2 aromatic heterocycles. The molecule has 0 fully saturated rings. The molecule has 32 heavy (non-hydrogen) atoms. The predicted molar refractivity (Wildman–Crippen MR) is 123 cm³/mol. The summed E-state index contributed by atoms with van der Waals surface area (Å²) in [6.45, 7) is 3.87. The maximum atomic E-state index is 11.4. The molecule has 2 heterocycles. The lowest BCUT2D eigenvalue weighted by molar-refractivity contribution is -0.611. The Morgan fingerprint density at radius 1 is 1.22 bits per heavy atom. The molecule has 3 aromatic rings. The fourth-order valence-corrected chi connectivity index (χ4v) is 5.80. The molecule has 0 saturated carbocycles. The monoisotopic (exact) mass is 478 g/mol. The molecular formula is C21H24N3O6S2+. The summed E-state index contributed by atoms with van der Waals surface area (Å²) in [5.41, 5.74) is 4.26. The second-order valence-corrected chi connectivity index (χ2v) is 9.58. The van der Waals surface area contributed by atoms with Gasteiger partial charge >= 0.3 is 17.9 Å². The SMILES string of the molecule is COc1ccc2nc(-[n+]3cc(C)c(OC)c(C)c3CSSC(CC(=O)O)C(=O)O)[nH]c2c1. The number of aliphatic carboxylic acids is 2. The third kappa shape index (κ3) is 5.10. The lowest BCUT2D eigenvalue weighted by atomic mass is 10.1. The number of aryl methyl sites for hydroxylation is 1. The zero-order valence-electron chi connectivity index (χ0n) is 18.0. The largest absolute Gasteiger partial charge is 0.497 e. The minimum Gasteiger partial charge on any atom is -0.497 e. The van der Waals surface area contributed by atoms with Crippen molar-refractivity contribution in [3.63, 3.8) is 0 Å². The van der Waals surface area contributed by atoms with Crippen LogP contribution in [-0.4, -0.2) is 51.6 Å². The molecule has 0 bridgehead atoms. The number of nitrogens with zero attached hydrogens (tertiary/aromatic N) is 2. The molecule has 0 aliphatic heterocycles. The van der Waals surface area contributed by atoms with E-state index in [1.807, 2.05) is 42.8 Å². The van der Waals surface area contributed by atoms with Gasteiger partial charge in [-0.1, -0.05) is 26.6 Å². The zero-order chi connectivity index (χ0) is 23.4. The Hall–Kier alpha value is -2.92. The highest BCUT2D eigenvalue weighted by atomic mass is 33.1. The molecule has 0 amide bonds. The molecule has 3 N–H and O–H groups in total. The molecule has 1 aromatic carbocycles. The van der Waals surface area contributed by atoms with E-state index in [0.717, 1.165) is 44.4 Å². The molecule has 0 spiro atoms. The molecule has 11 heteroatoms. The van der Waals surface area contributed by atoms with Gasteiger partial charge in [-0.05, 0) is 26.0 Å². The van der Waals surface area contributed by atoms with E-state index in [9.17, 15) is 14.7 Å². The third-order valence-electron chi connectivity index (χ3n) is 4.87. The van der Waals surface area contributed by atoms with E-state index in [1.54, 1.807) is 14.2 Å². The number of imidazole rings is 1. The Morgan fingerprint density at radius 3 is 2.59 bits per heavy atom. The fourth-order valence-electron chi connectivity index (χ4n) is 3.33. The molecule has 0 radical (unpaired) electrons. The van der Waals surface area contributed by atoms with Crippen LogP contribution in [0.4, 0.5) is 0 Å². The molecule has 9 nitrogen and oxygen atoms in total. The van der Waals surface area contributed by atoms with Crippen LogP contribution in [-0.2, 0) is 15.3 Å². The van der Waals surface area contributed by atoms with Gasteiger partial charge in [0.25, 0.3) is 0 Å². The number of nitrogens with one attached hydrogen (secondary N) is 1. The highest BCUT2D eigenvalue weighted by Gasteiger charge is 2.25. The molecule has 3 rings (SSSR count). The number of fused-ring (bicyclic) bond motifs is 1. The second kappa shape index (κ2) is 10.1. The quantitative estimate of drug-likeness (QED) is 0.297. The van der Waals surface area contributed by atoms with Crippen molar-refractivity contribution in [2.75, 3.05) is 14.2 Å². The molecule has 1 unspecified atom stereocenters. The number of carbonyl (C=O) groups is 2. The number of ether oxygens (including phenoxy) is 2. The van der Waals surface area contributed by atoms with Crippen molar-refractivity contribution < 1.29 is 33.8 Å². The van der Waals surface area contributed by atoms with Gasteiger partial charge in [-0.15, -0.1) is 0 Å². The van der Waals surface area contributed by atoms with E-state index in [2.05, 4.69) is 4.98 Å². The van der Waals surface area contributed by atoms with Crippen molar-refractivity contribution >= 4 is 44.6 Å². The van der Waals surface area contributed by atoms with E-state index >= 15 is 0 Å². The van der Waals surface area contributed by atoms with Crippen LogP contribution in [0.1, 0.15) is 23.2 Å². The fraction of sp³-hybridized carbons (Fsp3) is 0.333. The van der Waals surface area contributed by atoms with Crippen LogP contribution >= 0.6 is 21.6 Å². The number of H-pyrrole nitrogens is 1. The van der Waals surface area contributed by atoms with E-state index in [4.69, 9.17) is 19.6 Å². The van der Waals surface area contributed by atoms with Crippen LogP contribution in [0.3, 0.4) is 0 Å². The number of rotatable bonds is 10. The first-order chi connectivity index (χ1) is 15.2. The molecule has 170 valence electrons. The predicted octanol–water partition coefficient (Wildman–Crippen LogP) is 3.28. The maximum Gasteiger partial charge on any atom is 0.402 e. The summed E-state index contributed by atoms with van der Waals surface area (Å²) in [6.07, 6.45) is 1.46. The van der Waals surface area contributed by atoms with Crippen molar-refractivity contribution in [1.82, 2.24) is 9.97 Å². The average molecular weight is 479 g/mol. The number of aromatic nitrogens is 3. The van der Waals surface area contributed by atoms with Crippen molar-refractivity contribution in [3.8, 4) is 17.4 Å². The number of methoxy groups -OCH3 is 2. The smallest absolute Gasteiger partial charge is 0.402 e. The van der Waals surface area contributed by atoms with Gasteiger partial charge in [0.05, 0.1) is 32.6 Å². The normalized spacial score (nSPS) is 12.0. The standard InChI is InChI=1S/C21H23N3O6S2/c1-11-9-24(21-22-14-6-5-13(29-3)7-15(14)23-21)16(12(2)19(11)30-4)10-31-32-17(20(27)28)8-18(25)26/h5-7,9,17H,8,10H2,1-4H3,(H2-,22,23,25,26,27,28)/p+1. The number of hydrogen-bond acceptors (Lipinski definition) is 7. The van der Waals surface area contributed by atoms with E-state index < -0.39 is 23.6 Å². The van der Waals surface area contributed by atoms with Gasteiger partial charge in [0, 0.05) is 17.2 Å². The average Bonchev–Trinajstić information content (AvgIpc) is 3.17. The van der Waals surface area contributed by atoms with Crippen molar-refractivity contribution in [2.24, 2.45) is 0 Å². The minimum absolute atomic E-state index is 0.414. The van der Waals surface area contributed by atoms with Crippen LogP contribution in [0.5, 0.6) is 11.5 Å². The summed E-state index contributed by atoms with van der Waals surface area (Å²) in [7, 11) is 5.51. The van der Waals surface area contributed by atoms with Crippen LogP contribution in [0.2, 0.25) is 0 Å². The number of aromatic amines is 1. The molecule has 0 aliphatic carbocycles. The van der Waals surface area contributed by atoms with Crippen LogP contribution in [0.25, 0.3) is 17.0 Å². The lowest BCUT2D eigenvalue weighted by Crippen LogP contribution is -2.38. The van der Waals surface area contributed by atoms with E-state index in [-0.39, 0.29) is 0 Å². The Balaban J connectivity index is 1.98. The number of benzene rings is 1. The van der Waals surface area contributed by atoms with Gasteiger partial charge in [-0.2, -0.15) is 0 Å². The van der Waals surface area contributed by atoms with Gasteiger partial charge in [0.2, 0.25) is 0 Å². The Labute approximate surface area is 192 Å². The topological polar surface area (TPSA) is 126 Å². The Morgan fingerprint density at radius 2 is 1.97 bits per heavy atom. The summed E-state index contributed by atoms with van der Waals surface area (Å²) >= 11 is 0. The van der Waals surface area contributed by atoms with Gasteiger partial charge < -0.3 is 19.7 Å². The number of carboxylic acid groups (broad SMARTS) is 2. The van der Waals surface area contributed by atoms with Crippen LogP contribution < -0.4 is 14.0 Å². The number of hydrogen-bond donors (Lipinski definition) is 3. The molecule has 0 saturated heterocycles. The van der Waals surface area contributed by atoms with Crippen LogP contribution in [0.15, 0.2) is 24.4 Å². The zero-order valence-corrected chi connectivity index (χ0v) is 19.7. The summed E-state index contributed by atoms with van der Waals surface area (Å²) < 4.78 is 12.8. The highest BCUT2D eigenvalue weighted by Crippen LogP contribution is 2.34. The third-order valence-corrected chi connectivity index (χ3v) is 7.46. The van der Waals surface area contributed by atoms with Crippen molar-refractivity contribution in [1.29, 1.82) is 0 Å². The number of pyridine rings is 1. The van der Waals surface area contributed by atoms with Gasteiger partial charge in [-0.3, -0.25) is 9.59 Å². The summed E-state index contributed by atoms with van der Waals surface area (Å²) in [6, 6.07) is 5.57. The summed E-state index contributed by atoms with van der Waals surface area (Å²) in [4.78, 5) is 30.3. The Bertz CT molecular complexity index is 1160. The van der Waals surface area contributed by atoms with Crippen molar-refractivity contribution in [3.05, 3.63) is 41.2 Å². The van der Waals surface area contributed by atoms with E-state index in [1.165, 1.54) is 10.8 Å². The van der Waals surface area contributed by atoms with Gasteiger partial charge in [0.15, 0.2) is 5.52 Å². The van der Waals surface area contributed by atoms with E-state index in [0.29, 0.717) is 17.5 Å². The second-order valence-electron chi connectivity index (χ2n) is 7.01. The molecule has 0 aliphatic rings. The maximum absolute atomic E-state index is 11.4. The van der Waals surface area contributed by atoms with Gasteiger partial charge in [-0.25, -0.2) is 9.55 Å². The van der Waals surface area contributed by atoms with Crippen LogP contribution in [0, 0.1) is 13.8 Å². The first kappa shape index (κ1) is 23.7.